The number of rotatable bonds is 13. The van der Waals surface area contributed by atoms with Gasteiger partial charge in [-0.25, -0.2) is 9.59 Å². The van der Waals surface area contributed by atoms with E-state index in [9.17, 15) is 14.4 Å². The topological polar surface area (TPSA) is 81.7 Å². The lowest BCUT2D eigenvalue weighted by atomic mass is 10.1. The van der Waals surface area contributed by atoms with Gasteiger partial charge in [-0.3, -0.25) is 4.79 Å². The van der Waals surface area contributed by atoms with E-state index in [2.05, 4.69) is 12.2 Å². The lowest BCUT2D eigenvalue weighted by molar-refractivity contribution is -0.116. The standard InChI is InChI=1S/C24H39NO5S/c1-7-9-10-11-12-13-14-15-16-18(26)25-21-19(22(27)29-8-2)17(3)20(31-21)23(28)30-24(4,5)6/h7-16H2,1-6H3,(H,25,26). The summed E-state index contributed by atoms with van der Waals surface area (Å²) >= 11 is 1.07. The molecule has 1 aromatic heterocycles. The number of nitrogens with one attached hydrogen (secondary N) is 1. The second-order valence-electron chi connectivity index (χ2n) is 8.76. The van der Waals surface area contributed by atoms with E-state index in [4.69, 9.17) is 9.47 Å². The molecule has 7 heteroatoms. The van der Waals surface area contributed by atoms with Gasteiger partial charge in [0.25, 0.3) is 0 Å². The molecule has 0 aromatic carbocycles. The van der Waals surface area contributed by atoms with Crippen molar-refractivity contribution in [2.24, 2.45) is 0 Å². The van der Waals surface area contributed by atoms with Gasteiger partial charge in [-0.15, -0.1) is 11.3 Å². The second-order valence-corrected chi connectivity index (χ2v) is 9.78. The van der Waals surface area contributed by atoms with Crippen molar-refractivity contribution in [2.45, 2.75) is 105 Å². The van der Waals surface area contributed by atoms with Gasteiger partial charge in [0.1, 0.15) is 15.5 Å². The molecule has 0 unspecified atom stereocenters. The third-order valence-corrected chi connectivity index (χ3v) is 5.91. The highest BCUT2D eigenvalue weighted by atomic mass is 32.1. The lowest BCUT2D eigenvalue weighted by Gasteiger charge is -2.19. The smallest absolute Gasteiger partial charge is 0.349 e. The summed E-state index contributed by atoms with van der Waals surface area (Å²) in [6.07, 6.45) is 9.60. The Morgan fingerprint density at radius 2 is 1.48 bits per heavy atom. The van der Waals surface area contributed by atoms with Crippen molar-refractivity contribution in [3.8, 4) is 0 Å². The van der Waals surface area contributed by atoms with Gasteiger partial charge in [-0.05, 0) is 46.6 Å². The number of amides is 1. The molecule has 0 saturated heterocycles. The summed E-state index contributed by atoms with van der Waals surface area (Å²) in [6.45, 7) is 11.2. The molecule has 1 aromatic rings. The zero-order chi connectivity index (χ0) is 23.4. The van der Waals surface area contributed by atoms with Gasteiger partial charge < -0.3 is 14.8 Å². The highest BCUT2D eigenvalue weighted by Crippen LogP contribution is 2.35. The first-order valence-corrected chi connectivity index (χ1v) is 12.3. The Kier molecular flexibility index (Phi) is 11.8. The molecular weight excluding hydrogens is 414 g/mol. The van der Waals surface area contributed by atoms with E-state index in [1.165, 1.54) is 32.1 Å². The molecule has 0 aliphatic carbocycles. The van der Waals surface area contributed by atoms with Gasteiger partial charge in [-0.2, -0.15) is 0 Å². The van der Waals surface area contributed by atoms with Crippen LogP contribution in [0.1, 0.15) is 118 Å². The number of thiophene rings is 1. The van der Waals surface area contributed by atoms with E-state index in [0.29, 0.717) is 21.9 Å². The minimum atomic E-state index is -0.655. The molecule has 0 atom stereocenters. The number of carbonyl (C=O) groups is 3. The Morgan fingerprint density at radius 1 is 0.903 bits per heavy atom. The monoisotopic (exact) mass is 453 g/mol. The molecule has 1 N–H and O–H groups in total. The Balaban J connectivity index is 2.76. The first-order valence-electron chi connectivity index (χ1n) is 11.4. The first kappa shape index (κ1) is 27.1. The maximum absolute atomic E-state index is 12.6. The molecule has 0 aliphatic heterocycles. The van der Waals surface area contributed by atoms with E-state index < -0.39 is 17.5 Å². The van der Waals surface area contributed by atoms with Crippen LogP contribution in [-0.4, -0.2) is 30.1 Å². The van der Waals surface area contributed by atoms with Crippen molar-refractivity contribution < 1.29 is 23.9 Å². The highest BCUT2D eigenvalue weighted by molar-refractivity contribution is 7.18. The predicted octanol–water partition coefficient (Wildman–Crippen LogP) is 6.66. The Morgan fingerprint density at radius 3 is 2.03 bits per heavy atom. The maximum Gasteiger partial charge on any atom is 0.349 e. The van der Waals surface area contributed by atoms with Gasteiger partial charge >= 0.3 is 11.9 Å². The average Bonchev–Trinajstić information content (AvgIpc) is 2.98. The van der Waals surface area contributed by atoms with Crippen LogP contribution in [0, 0.1) is 6.92 Å². The molecule has 6 nitrogen and oxygen atoms in total. The SMILES string of the molecule is CCCCCCCCCCC(=O)Nc1sc(C(=O)OC(C)(C)C)c(C)c1C(=O)OCC. The van der Waals surface area contributed by atoms with Crippen molar-refractivity contribution in [3.63, 3.8) is 0 Å². The minimum Gasteiger partial charge on any atom is -0.462 e. The Labute approximate surface area is 191 Å². The minimum absolute atomic E-state index is 0.159. The molecule has 1 heterocycles. The summed E-state index contributed by atoms with van der Waals surface area (Å²) < 4.78 is 10.6. The predicted molar refractivity (Wildman–Crippen MR) is 126 cm³/mol. The summed E-state index contributed by atoms with van der Waals surface area (Å²) in [7, 11) is 0. The van der Waals surface area contributed by atoms with E-state index in [1.54, 1.807) is 34.6 Å². The molecule has 0 aliphatic rings. The van der Waals surface area contributed by atoms with Gasteiger partial charge in [0, 0.05) is 6.42 Å². The molecule has 176 valence electrons. The largest absolute Gasteiger partial charge is 0.462 e. The van der Waals surface area contributed by atoms with E-state index in [0.717, 1.165) is 30.6 Å². The summed E-state index contributed by atoms with van der Waals surface area (Å²) in [6, 6.07) is 0. The third kappa shape index (κ3) is 9.85. The quantitative estimate of drug-likeness (QED) is 0.267. The van der Waals surface area contributed by atoms with Crippen molar-refractivity contribution in [3.05, 3.63) is 16.0 Å². The fourth-order valence-electron chi connectivity index (χ4n) is 3.18. The van der Waals surface area contributed by atoms with Crippen LogP contribution >= 0.6 is 11.3 Å². The molecule has 0 bridgehead atoms. The summed E-state index contributed by atoms with van der Waals surface area (Å²) in [5.74, 6) is -1.22. The van der Waals surface area contributed by atoms with Gasteiger partial charge in [-0.1, -0.05) is 51.9 Å². The van der Waals surface area contributed by atoms with Crippen molar-refractivity contribution in [2.75, 3.05) is 11.9 Å². The molecule has 1 amide bonds. The van der Waals surface area contributed by atoms with Crippen molar-refractivity contribution >= 4 is 34.2 Å². The average molecular weight is 454 g/mol. The van der Waals surface area contributed by atoms with E-state index in [1.807, 2.05) is 0 Å². The molecule has 0 saturated carbocycles. The lowest BCUT2D eigenvalue weighted by Crippen LogP contribution is -2.23. The number of unbranched alkanes of at least 4 members (excludes halogenated alkanes) is 7. The number of carbonyl (C=O) groups excluding carboxylic acids is 3. The number of ether oxygens (including phenoxy) is 2. The normalized spacial score (nSPS) is 11.3. The number of hydrogen-bond donors (Lipinski definition) is 1. The van der Waals surface area contributed by atoms with Gasteiger partial charge in [0.15, 0.2) is 0 Å². The number of anilines is 1. The van der Waals surface area contributed by atoms with Crippen LogP contribution in [0.5, 0.6) is 0 Å². The molecular formula is C24H39NO5S. The number of esters is 2. The zero-order valence-corrected chi connectivity index (χ0v) is 20.8. The van der Waals surface area contributed by atoms with Crippen LogP contribution in [-0.2, 0) is 14.3 Å². The fraction of sp³-hybridized carbons (Fsp3) is 0.708. The Hall–Kier alpha value is -1.89. The van der Waals surface area contributed by atoms with E-state index >= 15 is 0 Å². The molecule has 0 fully saturated rings. The summed E-state index contributed by atoms with van der Waals surface area (Å²) in [4.78, 5) is 37.8. The Bertz CT molecular complexity index is 733. The van der Waals surface area contributed by atoms with Gasteiger partial charge in [0.2, 0.25) is 5.91 Å². The highest BCUT2D eigenvalue weighted by Gasteiger charge is 2.29. The van der Waals surface area contributed by atoms with Gasteiger partial charge in [0.05, 0.1) is 12.2 Å². The van der Waals surface area contributed by atoms with Crippen LogP contribution in [0.15, 0.2) is 0 Å². The van der Waals surface area contributed by atoms with Crippen LogP contribution in [0.2, 0.25) is 0 Å². The van der Waals surface area contributed by atoms with Crippen molar-refractivity contribution in [1.82, 2.24) is 0 Å². The van der Waals surface area contributed by atoms with Crippen molar-refractivity contribution in [1.29, 1.82) is 0 Å². The molecule has 31 heavy (non-hydrogen) atoms. The van der Waals surface area contributed by atoms with Crippen LogP contribution < -0.4 is 5.32 Å². The zero-order valence-electron chi connectivity index (χ0n) is 20.0. The summed E-state index contributed by atoms with van der Waals surface area (Å²) in [5, 5.41) is 3.17. The third-order valence-electron chi connectivity index (χ3n) is 4.72. The second kappa shape index (κ2) is 13.5. The van der Waals surface area contributed by atoms with Crippen LogP contribution in [0.3, 0.4) is 0 Å². The van der Waals surface area contributed by atoms with Crippen LogP contribution in [0.4, 0.5) is 5.00 Å². The fourth-order valence-corrected chi connectivity index (χ4v) is 4.27. The molecule has 0 radical (unpaired) electrons. The summed E-state index contributed by atoms with van der Waals surface area (Å²) in [5.41, 5.74) is 0.0504. The molecule has 0 spiro atoms. The first-order chi connectivity index (χ1) is 14.6. The maximum atomic E-state index is 12.6. The number of hydrogen-bond acceptors (Lipinski definition) is 6. The van der Waals surface area contributed by atoms with E-state index in [-0.39, 0.29) is 18.1 Å². The van der Waals surface area contributed by atoms with Crippen LogP contribution in [0.25, 0.3) is 0 Å². The molecule has 1 rings (SSSR count).